The summed E-state index contributed by atoms with van der Waals surface area (Å²) in [7, 11) is 0. The zero-order chi connectivity index (χ0) is 27.6. The third kappa shape index (κ3) is 9.12. The Balaban J connectivity index is 3.19. The predicted molar refractivity (Wildman–Crippen MR) is 134 cm³/mol. The second-order valence-electron chi connectivity index (χ2n) is 9.28. The highest BCUT2D eigenvalue weighted by Crippen LogP contribution is 2.14. The van der Waals surface area contributed by atoms with Crippen LogP contribution in [0.4, 0.5) is 0 Å². The first-order valence-corrected chi connectivity index (χ1v) is 12.2. The van der Waals surface area contributed by atoms with Crippen molar-refractivity contribution in [2.24, 2.45) is 17.6 Å². The number of carboxylic acid groups (broad SMARTS) is 1. The molecule has 0 aromatic heterocycles. The van der Waals surface area contributed by atoms with Crippen LogP contribution in [-0.4, -0.2) is 69.3 Å². The van der Waals surface area contributed by atoms with Crippen LogP contribution in [0.3, 0.4) is 0 Å². The van der Waals surface area contributed by atoms with E-state index in [2.05, 4.69) is 16.0 Å². The van der Waals surface area contributed by atoms with Crippen molar-refractivity contribution in [3.63, 3.8) is 0 Å². The van der Waals surface area contributed by atoms with Crippen molar-refractivity contribution in [3.8, 4) is 5.75 Å². The van der Waals surface area contributed by atoms with E-state index < -0.39 is 54.0 Å². The number of nitrogens with one attached hydrogen (secondary N) is 3. The van der Waals surface area contributed by atoms with Gasteiger partial charge in [0.2, 0.25) is 17.7 Å². The molecule has 11 heteroatoms. The number of carbonyl (C=O) groups excluding carboxylic acids is 3. The highest BCUT2D eigenvalue weighted by molar-refractivity contribution is 5.94. The van der Waals surface area contributed by atoms with Gasteiger partial charge in [0.05, 0.1) is 6.10 Å². The molecule has 7 atom stereocenters. The zero-order valence-electron chi connectivity index (χ0n) is 21.5. The molecule has 0 spiro atoms. The van der Waals surface area contributed by atoms with E-state index in [9.17, 15) is 34.5 Å². The lowest BCUT2D eigenvalue weighted by molar-refractivity contribution is -0.144. The maximum absolute atomic E-state index is 13.3. The van der Waals surface area contributed by atoms with Crippen molar-refractivity contribution in [3.05, 3.63) is 29.8 Å². The van der Waals surface area contributed by atoms with E-state index in [1.807, 2.05) is 13.8 Å². The number of amides is 3. The fraction of sp³-hybridized carbons (Fsp3) is 0.600. The second kappa shape index (κ2) is 14.4. The minimum atomic E-state index is -1.28. The molecular formula is C25H40N4O7. The Labute approximate surface area is 211 Å². The third-order valence-electron chi connectivity index (χ3n) is 6.40. The summed E-state index contributed by atoms with van der Waals surface area (Å²) in [6.45, 7) is 8.46. The maximum atomic E-state index is 13.3. The molecule has 8 N–H and O–H groups in total. The number of phenolic OH excluding ortho intramolecular Hbond substituents is 1. The van der Waals surface area contributed by atoms with E-state index >= 15 is 0 Å². The number of phenols is 1. The Bertz CT molecular complexity index is 891. The zero-order valence-corrected chi connectivity index (χ0v) is 21.5. The van der Waals surface area contributed by atoms with Crippen LogP contribution in [0.2, 0.25) is 0 Å². The molecule has 0 bridgehead atoms. The molecule has 0 saturated carbocycles. The molecule has 0 aliphatic rings. The fourth-order valence-corrected chi connectivity index (χ4v) is 3.45. The van der Waals surface area contributed by atoms with E-state index in [0.717, 1.165) is 0 Å². The van der Waals surface area contributed by atoms with Crippen molar-refractivity contribution in [2.45, 2.75) is 84.2 Å². The summed E-state index contributed by atoms with van der Waals surface area (Å²) in [5.74, 6) is -3.88. The van der Waals surface area contributed by atoms with Crippen LogP contribution in [-0.2, 0) is 25.6 Å². The first-order chi connectivity index (χ1) is 16.8. The molecule has 1 aromatic rings. The van der Waals surface area contributed by atoms with Gasteiger partial charge >= 0.3 is 5.97 Å². The first kappa shape index (κ1) is 30.9. The SMILES string of the molecule is CCC(C)C(NC(=O)C(NC(=O)C(Cc1ccc(O)cc1)NC(=O)C(N)C(C)O)C(C)CC)C(=O)O. The molecule has 36 heavy (non-hydrogen) atoms. The van der Waals surface area contributed by atoms with Crippen LogP contribution in [0.15, 0.2) is 24.3 Å². The van der Waals surface area contributed by atoms with E-state index in [1.165, 1.54) is 19.1 Å². The topological polar surface area (TPSA) is 191 Å². The van der Waals surface area contributed by atoms with Crippen molar-refractivity contribution >= 4 is 23.7 Å². The van der Waals surface area contributed by atoms with Gasteiger partial charge in [0.1, 0.15) is 29.9 Å². The van der Waals surface area contributed by atoms with Gasteiger partial charge in [-0.2, -0.15) is 0 Å². The summed E-state index contributed by atoms with van der Waals surface area (Å²) in [5.41, 5.74) is 6.34. The average molecular weight is 509 g/mol. The Kier molecular flexibility index (Phi) is 12.3. The number of hydrogen-bond donors (Lipinski definition) is 7. The smallest absolute Gasteiger partial charge is 0.326 e. The van der Waals surface area contributed by atoms with Crippen molar-refractivity contribution in [1.29, 1.82) is 0 Å². The monoisotopic (exact) mass is 508 g/mol. The summed E-state index contributed by atoms with van der Waals surface area (Å²) in [4.78, 5) is 50.6. The number of carbonyl (C=O) groups is 4. The number of aliphatic hydroxyl groups excluding tert-OH is 1. The number of carboxylic acids is 1. The van der Waals surface area contributed by atoms with Gasteiger partial charge < -0.3 is 37.0 Å². The van der Waals surface area contributed by atoms with Crippen LogP contribution < -0.4 is 21.7 Å². The largest absolute Gasteiger partial charge is 0.508 e. The van der Waals surface area contributed by atoms with Crippen LogP contribution >= 0.6 is 0 Å². The van der Waals surface area contributed by atoms with Gasteiger partial charge in [-0.25, -0.2) is 4.79 Å². The van der Waals surface area contributed by atoms with Gasteiger partial charge in [-0.1, -0.05) is 52.7 Å². The third-order valence-corrected chi connectivity index (χ3v) is 6.40. The Hall–Kier alpha value is -3.18. The minimum Gasteiger partial charge on any atom is -0.508 e. The molecule has 3 amide bonds. The second-order valence-corrected chi connectivity index (χ2v) is 9.28. The van der Waals surface area contributed by atoms with Crippen LogP contribution in [0.1, 0.15) is 53.0 Å². The Morgan fingerprint density at radius 3 is 1.81 bits per heavy atom. The summed E-state index contributed by atoms with van der Waals surface area (Å²) < 4.78 is 0. The summed E-state index contributed by atoms with van der Waals surface area (Å²) in [6.07, 6.45) is -0.0953. The van der Waals surface area contributed by atoms with E-state index in [4.69, 9.17) is 5.73 Å². The summed E-state index contributed by atoms with van der Waals surface area (Å²) >= 11 is 0. The van der Waals surface area contributed by atoms with Crippen LogP contribution in [0.25, 0.3) is 0 Å². The lowest BCUT2D eigenvalue weighted by Crippen LogP contribution is -2.60. The highest BCUT2D eigenvalue weighted by Gasteiger charge is 2.34. The summed E-state index contributed by atoms with van der Waals surface area (Å²) in [6, 6.07) is 1.42. The number of aliphatic hydroxyl groups is 1. The quantitative estimate of drug-likeness (QED) is 0.186. The molecule has 0 aliphatic heterocycles. The molecule has 11 nitrogen and oxygen atoms in total. The minimum absolute atomic E-state index is 0.0177. The molecule has 202 valence electrons. The van der Waals surface area contributed by atoms with Crippen molar-refractivity contribution in [1.82, 2.24) is 16.0 Å². The number of hydrogen-bond acceptors (Lipinski definition) is 7. The van der Waals surface area contributed by atoms with E-state index in [-0.39, 0.29) is 24.0 Å². The van der Waals surface area contributed by atoms with Crippen molar-refractivity contribution in [2.75, 3.05) is 0 Å². The number of rotatable bonds is 14. The Morgan fingerprint density at radius 2 is 1.33 bits per heavy atom. The number of benzene rings is 1. The molecule has 0 fully saturated rings. The maximum Gasteiger partial charge on any atom is 0.326 e. The molecule has 0 aliphatic carbocycles. The molecule has 0 heterocycles. The van der Waals surface area contributed by atoms with Crippen LogP contribution in [0, 0.1) is 11.8 Å². The average Bonchev–Trinajstić information content (AvgIpc) is 2.84. The van der Waals surface area contributed by atoms with E-state index in [0.29, 0.717) is 18.4 Å². The molecule has 0 saturated heterocycles. The molecule has 1 rings (SSSR count). The lowest BCUT2D eigenvalue weighted by atomic mass is 9.94. The van der Waals surface area contributed by atoms with Gasteiger partial charge in [-0.3, -0.25) is 14.4 Å². The lowest BCUT2D eigenvalue weighted by Gasteiger charge is -2.29. The van der Waals surface area contributed by atoms with Crippen LogP contribution in [0.5, 0.6) is 5.75 Å². The fourth-order valence-electron chi connectivity index (χ4n) is 3.45. The molecule has 7 unspecified atom stereocenters. The normalized spacial score (nSPS) is 17.0. The Morgan fingerprint density at radius 1 is 0.833 bits per heavy atom. The number of aliphatic carboxylic acids is 1. The summed E-state index contributed by atoms with van der Waals surface area (Å²) in [5, 5.41) is 36.5. The molecule has 0 radical (unpaired) electrons. The molecular weight excluding hydrogens is 468 g/mol. The van der Waals surface area contributed by atoms with E-state index in [1.54, 1.807) is 26.0 Å². The highest BCUT2D eigenvalue weighted by atomic mass is 16.4. The van der Waals surface area contributed by atoms with Gasteiger partial charge in [-0.05, 0) is 36.5 Å². The number of nitrogens with two attached hydrogens (primary N) is 1. The number of aromatic hydroxyl groups is 1. The van der Waals surface area contributed by atoms with Crippen molar-refractivity contribution < 1.29 is 34.5 Å². The van der Waals surface area contributed by atoms with Gasteiger partial charge in [0, 0.05) is 6.42 Å². The van der Waals surface area contributed by atoms with Gasteiger partial charge in [0.15, 0.2) is 0 Å². The van der Waals surface area contributed by atoms with Gasteiger partial charge in [-0.15, -0.1) is 0 Å². The first-order valence-electron chi connectivity index (χ1n) is 12.2. The van der Waals surface area contributed by atoms with Gasteiger partial charge in [0.25, 0.3) is 0 Å². The molecule has 1 aromatic carbocycles. The standard InChI is InChI=1S/C25H40N4O7/c1-6-13(3)20(24(34)29-21(25(35)36)14(4)7-2)28-22(32)18(27-23(33)19(26)15(5)30)12-16-8-10-17(31)11-9-16/h8-11,13-15,18-21,30-31H,6-7,12,26H2,1-5H3,(H,27,33)(H,28,32)(H,29,34)(H,35,36). The predicted octanol–water partition coefficient (Wildman–Crippen LogP) is 0.274.